The average Bonchev–Trinajstić information content (AvgIpc) is 2.90. The first kappa shape index (κ1) is 16.9. The molecule has 0 radical (unpaired) electrons. The van der Waals surface area contributed by atoms with Crippen molar-refractivity contribution in [3.63, 3.8) is 0 Å². The van der Waals surface area contributed by atoms with Crippen LogP contribution in [0.3, 0.4) is 0 Å². The molecule has 2 aromatic carbocycles. The number of esters is 1. The summed E-state index contributed by atoms with van der Waals surface area (Å²) in [4.78, 5) is 38.4. The van der Waals surface area contributed by atoms with E-state index in [1.54, 1.807) is 0 Å². The zero-order chi connectivity index (χ0) is 18.0. The second kappa shape index (κ2) is 6.89. The van der Waals surface area contributed by atoms with Crippen molar-refractivity contribution in [1.82, 2.24) is 4.90 Å². The molecule has 0 saturated carbocycles. The third-order valence-electron chi connectivity index (χ3n) is 4.40. The standard InChI is InChI=1S/C20H19NO4/c1-3-13(2)21-18(22)16-10-9-15(11-17(16)19(21)23)20(24)25-12-14-7-5-4-6-8-14/h4-11,13H,3,12H2,1-2H3/t13-/m1/s1. The van der Waals surface area contributed by atoms with Crippen molar-refractivity contribution in [3.05, 3.63) is 70.8 Å². The Morgan fingerprint density at radius 2 is 1.72 bits per heavy atom. The molecule has 0 fully saturated rings. The van der Waals surface area contributed by atoms with Gasteiger partial charge in [0.1, 0.15) is 6.61 Å². The number of hydrogen-bond acceptors (Lipinski definition) is 4. The first-order chi connectivity index (χ1) is 12.0. The number of hydrogen-bond donors (Lipinski definition) is 0. The summed E-state index contributed by atoms with van der Waals surface area (Å²) in [5.41, 5.74) is 1.75. The van der Waals surface area contributed by atoms with Crippen molar-refractivity contribution in [2.45, 2.75) is 32.9 Å². The van der Waals surface area contributed by atoms with Crippen LogP contribution >= 0.6 is 0 Å². The fourth-order valence-electron chi connectivity index (χ4n) is 2.78. The molecule has 0 bridgehead atoms. The molecule has 0 aromatic heterocycles. The SMILES string of the molecule is CC[C@@H](C)N1C(=O)c2ccc(C(=O)OCc3ccccc3)cc2C1=O. The van der Waals surface area contributed by atoms with Crippen LogP contribution in [0.15, 0.2) is 48.5 Å². The number of ether oxygens (including phenoxy) is 1. The molecule has 0 saturated heterocycles. The highest BCUT2D eigenvalue weighted by Crippen LogP contribution is 2.27. The van der Waals surface area contributed by atoms with Crippen LogP contribution in [0.5, 0.6) is 0 Å². The number of fused-ring (bicyclic) bond motifs is 1. The number of carbonyl (C=O) groups excluding carboxylic acids is 3. The van der Waals surface area contributed by atoms with Gasteiger partial charge >= 0.3 is 5.97 Å². The normalized spacial score (nSPS) is 14.4. The molecular weight excluding hydrogens is 318 g/mol. The Morgan fingerprint density at radius 3 is 2.40 bits per heavy atom. The van der Waals surface area contributed by atoms with E-state index in [0.29, 0.717) is 12.0 Å². The van der Waals surface area contributed by atoms with E-state index in [-0.39, 0.29) is 35.6 Å². The monoisotopic (exact) mass is 337 g/mol. The number of carbonyl (C=O) groups is 3. The third-order valence-corrected chi connectivity index (χ3v) is 4.40. The van der Waals surface area contributed by atoms with Gasteiger partial charge in [-0.25, -0.2) is 4.79 Å². The second-order valence-electron chi connectivity index (χ2n) is 6.06. The summed E-state index contributed by atoms with van der Waals surface area (Å²) in [6, 6.07) is 13.7. The van der Waals surface area contributed by atoms with Crippen molar-refractivity contribution in [2.24, 2.45) is 0 Å². The van der Waals surface area contributed by atoms with E-state index in [4.69, 9.17) is 4.74 Å². The quantitative estimate of drug-likeness (QED) is 0.619. The minimum absolute atomic E-state index is 0.155. The van der Waals surface area contributed by atoms with Crippen LogP contribution in [0.4, 0.5) is 0 Å². The van der Waals surface area contributed by atoms with E-state index in [2.05, 4.69) is 0 Å². The van der Waals surface area contributed by atoms with Crippen molar-refractivity contribution in [2.75, 3.05) is 0 Å². The van der Waals surface area contributed by atoms with Crippen LogP contribution < -0.4 is 0 Å². The largest absolute Gasteiger partial charge is 0.457 e. The van der Waals surface area contributed by atoms with Crippen molar-refractivity contribution in [3.8, 4) is 0 Å². The van der Waals surface area contributed by atoms with Crippen LogP contribution in [-0.2, 0) is 11.3 Å². The minimum atomic E-state index is -0.520. The van der Waals surface area contributed by atoms with Gasteiger partial charge in [0.05, 0.1) is 16.7 Å². The van der Waals surface area contributed by atoms with Gasteiger partial charge in [0.15, 0.2) is 0 Å². The Kier molecular flexibility index (Phi) is 4.65. The first-order valence-corrected chi connectivity index (χ1v) is 8.26. The van der Waals surface area contributed by atoms with Crippen LogP contribution in [0.2, 0.25) is 0 Å². The zero-order valence-corrected chi connectivity index (χ0v) is 14.2. The summed E-state index contributed by atoms with van der Waals surface area (Å²) in [6.45, 7) is 3.90. The zero-order valence-electron chi connectivity index (χ0n) is 14.2. The first-order valence-electron chi connectivity index (χ1n) is 8.26. The highest BCUT2D eigenvalue weighted by Gasteiger charge is 2.38. The van der Waals surface area contributed by atoms with E-state index < -0.39 is 5.97 Å². The molecule has 1 atom stereocenters. The molecule has 5 nitrogen and oxygen atoms in total. The molecule has 0 spiro atoms. The second-order valence-corrected chi connectivity index (χ2v) is 6.06. The van der Waals surface area contributed by atoms with Gasteiger partial charge in [0, 0.05) is 6.04 Å². The lowest BCUT2D eigenvalue weighted by atomic mass is 10.1. The molecule has 128 valence electrons. The third kappa shape index (κ3) is 3.18. The van der Waals surface area contributed by atoms with Crippen LogP contribution in [0.25, 0.3) is 0 Å². The Bertz CT molecular complexity index is 829. The molecule has 1 heterocycles. The van der Waals surface area contributed by atoms with Crippen LogP contribution in [0, 0.1) is 0 Å². The van der Waals surface area contributed by atoms with Crippen molar-refractivity contribution in [1.29, 1.82) is 0 Å². The summed E-state index contributed by atoms with van der Waals surface area (Å²) in [7, 11) is 0. The number of nitrogens with zero attached hydrogens (tertiary/aromatic N) is 1. The minimum Gasteiger partial charge on any atom is -0.457 e. The average molecular weight is 337 g/mol. The molecule has 0 N–H and O–H groups in total. The van der Waals surface area contributed by atoms with Crippen LogP contribution in [0.1, 0.15) is 56.9 Å². The van der Waals surface area contributed by atoms with Gasteiger partial charge in [0.25, 0.3) is 11.8 Å². The van der Waals surface area contributed by atoms with Gasteiger partial charge in [-0.1, -0.05) is 37.3 Å². The maximum Gasteiger partial charge on any atom is 0.338 e. The van der Waals surface area contributed by atoms with Gasteiger partial charge < -0.3 is 4.74 Å². The lowest BCUT2D eigenvalue weighted by Crippen LogP contribution is -2.37. The van der Waals surface area contributed by atoms with Gasteiger partial charge in [0.2, 0.25) is 0 Å². The van der Waals surface area contributed by atoms with Crippen molar-refractivity contribution < 1.29 is 19.1 Å². The van der Waals surface area contributed by atoms with E-state index in [9.17, 15) is 14.4 Å². The Hall–Kier alpha value is -2.95. The summed E-state index contributed by atoms with van der Waals surface area (Å²) < 4.78 is 5.28. The lowest BCUT2D eigenvalue weighted by Gasteiger charge is -2.20. The molecule has 2 amide bonds. The molecular formula is C20H19NO4. The number of rotatable bonds is 5. The van der Waals surface area contributed by atoms with E-state index in [0.717, 1.165) is 5.56 Å². The molecule has 5 heteroatoms. The Balaban J connectivity index is 1.78. The molecule has 1 aliphatic heterocycles. The highest BCUT2D eigenvalue weighted by atomic mass is 16.5. The maximum atomic E-state index is 12.5. The van der Waals surface area contributed by atoms with Crippen LogP contribution in [-0.4, -0.2) is 28.7 Å². The molecule has 25 heavy (non-hydrogen) atoms. The maximum absolute atomic E-state index is 12.5. The van der Waals surface area contributed by atoms with Gasteiger partial charge in [-0.2, -0.15) is 0 Å². The molecule has 1 aliphatic rings. The molecule has 0 aliphatic carbocycles. The number of amides is 2. The van der Waals surface area contributed by atoms with E-state index in [1.165, 1.54) is 23.1 Å². The van der Waals surface area contributed by atoms with E-state index in [1.807, 2.05) is 44.2 Å². The topological polar surface area (TPSA) is 63.7 Å². The molecule has 0 unspecified atom stereocenters. The predicted octanol–water partition coefficient (Wildman–Crippen LogP) is 3.44. The number of benzene rings is 2. The number of imide groups is 1. The summed E-state index contributed by atoms with van der Waals surface area (Å²) >= 11 is 0. The fraction of sp³-hybridized carbons (Fsp3) is 0.250. The van der Waals surface area contributed by atoms with Gasteiger partial charge in [-0.15, -0.1) is 0 Å². The lowest BCUT2D eigenvalue weighted by molar-refractivity contribution is 0.0472. The Morgan fingerprint density at radius 1 is 1.04 bits per heavy atom. The van der Waals surface area contributed by atoms with Gasteiger partial charge in [-0.05, 0) is 37.1 Å². The summed E-state index contributed by atoms with van der Waals surface area (Å²) in [5, 5.41) is 0. The molecule has 3 rings (SSSR count). The Labute approximate surface area is 146 Å². The summed E-state index contributed by atoms with van der Waals surface area (Å²) in [6.07, 6.45) is 0.678. The highest BCUT2D eigenvalue weighted by molar-refractivity contribution is 6.22. The summed E-state index contributed by atoms with van der Waals surface area (Å²) in [5.74, 6) is -1.18. The van der Waals surface area contributed by atoms with E-state index >= 15 is 0 Å². The fourth-order valence-corrected chi connectivity index (χ4v) is 2.78. The van der Waals surface area contributed by atoms with Gasteiger partial charge in [-0.3, -0.25) is 14.5 Å². The molecule has 2 aromatic rings. The van der Waals surface area contributed by atoms with Crippen molar-refractivity contribution >= 4 is 17.8 Å². The smallest absolute Gasteiger partial charge is 0.338 e. The predicted molar refractivity (Wildman–Crippen MR) is 92.3 cm³/mol.